The van der Waals surface area contributed by atoms with Crippen molar-refractivity contribution in [3.63, 3.8) is 0 Å². The van der Waals surface area contributed by atoms with Gasteiger partial charge in [0, 0.05) is 38.4 Å². The highest BCUT2D eigenvalue weighted by atomic mass is 16.4. The summed E-state index contributed by atoms with van der Waals surface area (Å²) in [5.41, 5.74) is 18.7. The second-order valence-corrected chi connectivity index (χ2v) is 25.0. The average Bonchev–Trinajstić information content (AvgIpc) is 1.86. The molecule has 1 aliphatic heterocycles. The number of aliphatic carboxylic acids is 1. The van der Waals surface area contributed by atoms with E-state index in [1.54, 1.807) is 133 Å². The Bertz CT molecular complexity index is 3280. The number of nitrogens with zero attached hydrogens (tertiary/aromatic N) is 2. The first-order valence-corrected chi connectivity index (χ1v) is 31.7. The van der Waals surface area contributed by atoms with Crippen molar-refractivity contribution in [2.24, 2.45) is 35.0 Å². The molecule has 0 saturated carbocycles. The Labute approximate surface area is 551 Å². The van der Waals surface area contributed by atoms with Gasteiger partial charge < -0.3 is 80.0 Å². The Kier molecular flexibility index (Phi) is 29.5. The third-order valence-electron chi connectivity index (χ3n) is 15.6. The molecule has 0 spiro atoms. The maximum Gasteiger partial charge on any atom is 0.326 e. The van der Waals surface area contributed by atoms with Gasteiger partial charge in [-0.25, -0.2) is 9.78 Å². The smallest absolute Gasteiger partial charge is 0.326 e. The van der Waals surface area contributed by atoms with Gasteiger partial charge in [0.05, 0.1) is 30.9 Å². The topological polar surface area (TPSA) is 460 Å². The molecule has 1 aliphatic rings. The van der Waals surface area contributed by atoms with Crippen LogP contribution in [0.15, 0.2) is 104 Å². The number of aromatic nitrogens is 2. The maximum atomic E-state index is 15.0. The highest BCUT2D eigenvalue weighted by Crippen LogP contribution is 2.20. The van der Waals surface area contributed by atoms with Gasteiger partial charge in [0.15, 0.2) is 0 Å². The van der Waals surface area contributed by atoms with E-state index in [2.05, 4.69) is 57.8 Å². The minimum absolute atomic E-state index is 0.0550. The molecule has 1 saturated heterocycles. The SMILES string of the molecule is CC(C)C[C@H](NC(=O)[C@@H]1CCCN1C(=O)[C@H](C)NC(=O)[C@H](CC(N)=O)NC(=O)[C@H](Cc1ccccc1)NC(=O)[C@H](Cc1ccccc1)NC(=O)[C@H](Cc1ccccc1)NC(=O)[C@H](Cc1c[nH]cn1)NC(=O)[C@H](CC(C)C)NC(=O)[C@@H](NC(=O)[C@@H](N)CC(N)=O)C(C)C)C(=O)O. The standard InChI is InChI=1S/C66H91N15O14/c1-36(2)26-45(78-64(92)55(38(5)6)80-56(84)44(67)32-53(68)82)58(86)76-49(31-43-34-70-35-71-43)62(90)75-47(29-41-20-13-9-14-21-41)60(88)73-46(28-40-18-11-8-12-19-40)59(87)74-48(30-42-22-15-10-16-23-42)61(89)77-50(33-54(69)83)57(85)72-39(7)65(93)81-25-17-24-52(81)63(91)79-51(66(94)95)27-37(3)4/h8-16,18-23,34-39,44-52,55H,17,24-33,67H2,1-7H3,(H2,68,82)(H2,69,83)(H,70,71)(H,72,85)(H,73,88)(H,74,87)(H,75,90)(H,76,86)(H,77,89)(H,78,92)(H,79,91)(H,80,84)(H,94,95)/t39-,44-,45-,46-,47-,48-,49-,50-,51-,52-,55-/m0/s1. The van der Waals surface area contributed by atoms with Crippen LogP contribution in [0.5, 0.6) is 0 Å². The number of amides is 12. The van der Waals surface area contributed by atoms with Gasteiger partial charge in [-0.3, -0.25) is 57.5 Å². The monoisotopic (exact) mass is 1320 g/mol. The summed E-state index contributed by atoms with van der Waals surface area (Å²) in [4.78, 5) is 187. The minimum Gasteiger partial charge on any atom is -0.480 e. The molecule has 5 rings (SSSR count). The number of H-pyrrole nitrogens is 1. The zero-order valence-corrected chi connectivity index (χ0v) is 54.6. The first kappa shape index (κ1) is 75.7. The van der Waals surface area contributed by atoms with Gasteiger partial charge in [-0.1, -0.05) is 133 Å². The molecule has 0 radical (unpaired) electrons. The van der Waals surface area contributed by atoms with Crippen molar-refractivity contribution >= 4 is 76.9 Å². The molecule has 3 aromatic carbocycles. The summed E-state index contributed by atoms with van der Waals surface area (Å²) in [6.07, 6.45) is 1.62. The quantitative estimate of drug-likeness (QED) is 0.0257. The Hall–Kier alpha value is -10.1. The fourth-order valence-corrected chi connectivity index (χ4v) is 10.7. The molecule has 1 fully saturated rings. The maximum absolute atomic E-state index is 15.0. The number of hydrogen-bond donors (Lipinski definition) is 14. The average molecular weight is 1320 g/mol. The van der Waals surface area contributed by atoms with Crippen molar-refractivity contribution in [2.75, 3.05) is 6.54 Å². The minimum atomic E-state index is -1.72. The Morgan fingerprint density at radius 3 is 1.33 bits per heavy atom. The molecule has 0 unspecified atom stereocenters. The van der Waals surface area contributed by atoms with Gasteiger partial charge in [0.25, 0.3) is 0 Å². The summed E-state index contributed by atoms with van der Waals surface area (Å²) in [6.45, 7) is 11.9. The summed E-state index contributed by atoms with van der Waals surface area (Å²) >= 11 is 0. The van der Waals surface area contributed by atoms with Crippen LogP contribution in [-0.2, 0) is 88.0 Å². The molecule has 17 N–H and O–H groups in total. The van der Waals surface area contributed by atoms with E-state index in [4.69, 9.17) is 17.2 Å². The van der Waals surface area contributed by atoms with Crippen LogP contribution in [0.4, 0.5) is 0 Å². The normalized spacial score (nSPS) is 16.0. The van der Waals surface area contributed by atoms with Crippen LogP contribution in [0.25, 0.3) is 0 Å². The van der Waals surface area contributed by atoms with Crippen molar-refractivity contribution in [1.82, 2.24) is 62.7 Å². The van der Waals surface area contributed by atoms with E-state index >= 15 is 4.79 Å². The highest BCUT2D eigenvalue weighted by molar-refractivity contribution is 6.00. The molecular formula is C66H91N15O14. The highest BCUT2D eigenvalue weighted by Gasteiger charge is 2.40. The summed E-state index contributed by atoms with van der Waals surface area (Å²) in [6, 6.07) is 10.4. The van der Waals surface area contributed by atoms with E-state index in [9.17, 15) is 62.6 Å². The van der Waals surface area contributed by atoms with Crippen LogP contribution in [0.3, 0.4) is 0 Å². The van der Waals surface area contributed by atoms with Crippen LogP contribution in [0, 0.1) is 17.8 Å². The van der Waals surface area contributed by atoms with Crippen LogP contribution in [-0.4, -0.2) is 170 Å². The predicted molar refractivity (Wildman–Crippen MR) is 347 cm³/mol. The van der Waals surface area contributed by atoms with Gasteiger partial charge in [-0.2, -0.15) is 0 Å². The lowest BCUT2D eigenvalue weighted by atomic mass is 9.98. The first-order chi connectivity index (χ1) is 45.0. The van der Waals surface area contributed by atoms with Crippen LogP contribution >= 0.6 is 0 Å². The number of carboxylic acids is 1. The number of primary amides is 2. The number of imidazole rings is 1. The molecule has 29 heteroatoms. The molecule has 11 atom stereocenters. The van der Waals surface area contributed by atoms with E-state index in [0.29, 0.717) is 28.8 Å². The largest absolute Gasteiger partial charge is 0.480 e. The van der Waals surface area contributed by atoms with Crippen LogP contribution in [0.2, 0.25) is 0 Å². The molecule has 4 aromatic rings. The van der Waals surface area contributed by atoms with E-state index in [1.807, 2.05) is 0 Å². The molecule has 0 aliphatic carbocycles. The second kappa shape index (κ2) is 37.0. The zero-order chi connectivity index (χ0) is 70.1. The van der Waals surface area contributed by atoms with E-state index in [-0.39, 0.29) is 63.3 Å². The number of hydrogen-bond acceptors (Lipinski definition) is 15. The second-order valence-electron chi connectivity index (χ2n) is 25.0. The first-order valence-electron chi connectivity index (χ1n) is 31.7. The fraction of sp³-hybridized carbons (Fsp3) is 0.485. The van der Waals surface area contributed by atoms with E-state index < -0.39 is 162 Å². The third kappa shape index (κ3) is 24.7. The summed E-state index contributed by atoms with van der Waals surface area (Å²) in [5.74, 6) is -12.4. The van der Waals surface area contributed by atoms with Gasteiger partial charge in [-0.05, 0) is 67.1 Å². The number of rotatable bonds is 37. The number of nitrogens with one attached hydrogen (secondary N) is 10. The summed E-state index contributed by atoms with van der Waals surface area (Å²) < 4.78 is 0. The number of carbonyl (C=O) groups is 13. The molecule has 1 aromatic heterocycles. The van der Waals surface area contributed by atoms with Crippen molar-refractivity contribution in [3.05, 3.63) is 126 Å². The van der Waals surface area contributed by atoms with Crippen LogP contribution < -0.4 is 65.1 Å². The van der Waals surface area contributed by atoms with Gasteiger partial charge in [-0.15, -0.1) is 0 Å². The van der Waals surface area contributed by atoms with Crippen LogP contribution in [0.1, 0.15) is 109 Å². The molecule has 95 heavy (non-hydrogen) atoms. The van der Waals surface area contributed by atoms with Gasteiger partial charge in [0.1, 0.15) is 60.4 Å². The van der Waals surface area contributed by atoms with Gasteiger partial charge >= 0.3 is 5.97 Å². The van der Waals surface area contributed by atoms with Crippen molar-refractivity contribution in [3.8, 4) is 0 Å². The molecule has 514 valence electrons. The number of nitrogens with two attached hydrogens (primary N) is 3. The molecular weight excluding hydrogens is 1230 g/mol. The summed E-state index contributed by atoms with van der Waals surface area (Å²) in [5, 5.41) is 33.5. The number of carbonyl (C=O) groups excluding carboxylic acids is 12. The van der Waals surface area contributed by atoms with Crippen molar-refractivity contribution in [1.29, 1.82) is 0 Å². The Balaban J connectivity index is 1.42. The molecule has 12 amide bonds. The summed E-state index contributed by atoms with van der Waals surface area (Å²) in [7, 11) is 0. The molecule has 0 bridgehead atoms. The Morgan fingerprint density at radius 1 is 0.505 bits per heavy atom. The lowest BCUT2D eigenvalue weighted by molar-refractivity contribution is -0.145. The number of aromatic amines is 1. The lowest BCUT2D eigenvalue weighted by Crippen LogP contribution is -2.62. The fourth-order valence-electron chi connectivity index (χ4n) is 10.7. The molecule has 29 nitrogen and oxygen atoms in total. The number of likely N-dealkylation sites (tertiary alicyclic amines) is 1. The van der Waals surface area contributed by atoms with E-state index in [0.717, 1.165) is 0 Å². The van der Waals surface area contributed by atoms with Crippen molar-refractivity contribution in [2.45, 2.75) is 179 Å². The lowest BCUT2D eigenvalue weighted by Gasteiger charge is -2.29. The Morgan fingerprint density at radius 2 is 0.916 bits per heavy atom. The number of carboxylic acid groups (broad SMARTS) is 1. The third-order valence-corrected chi connectivity index (χ3v) is 15.6. The van der Waals surface area contributed by atoms with E-state index in [1.165, 1.54) is 24.3 Å². The molecule has 2 heterocycles. The zero-order valence-electron chi connectivity index (χ0n) is 54.6. The van der Waals surface area contributed by atoms with Crippen molar-refractivity contribution < 1.29 is 67.4 Å². The van der Waals surface area contributed by atoms with Gasteiger partial charge in [0.2, 0.25) is 70.9 Å². The predicted octanol–water partition coefficient (Wildman–Crippen LogP) is -1.03. The number of benzene rings is 3.